The summed E-state index contributed by atoms with van der Waals surface area (Å²) in [5.74, 6) is 0.840. The normalized spacial score (nSPS) is 21.5. The van der Waals surface area contributed by atoms with Gasteiger partial charge in [-0.25, -0.2) is 0 Å². The Labute approximate surface area is 151 Å². The van der Waals surface area contributed by atoms with Crippen molar-refractivity contribution in [1.82, 2.24) is 10.2 Å². The molecule has 2 rings (SSSR count). The first-order valence-corrected chi connectivity index (χ1v) is 8.24. The molecule has 0 spiro atoms. The minimum atomic E-state index is -0.156. The molecule has 0 aromatic heterocycles. The Hall–Kier alpha value is -1.30. The zero-order valence-electron chi connectivity index (χ0n) is 15.0. The molecular formula is C18H30ClN3O2. The number of likely N-dealkylation sites (tertiary alicyclic amines) is 1. The first kappa shape index (κ1) is 20.7. The van der Waals surface area contributed by atoms with Crippen molar-refractivity contribution in [2.45, 2.75) is 45.8 Å². The molecule has 0 radical (unpaired) electrons. The molecular weight excluding hydrogens is 326 g/mol. The van der Waals surface area contributed by atoms with Gasteiger partial charge in [-0.05, 0) is 24.8 Å². The van der Waals surface area contributed by atoms with E-state index in [2.05, 4.69) is 24.1 Å². The number of rotatable bonds is 5. The van der Waals surface area contributed by atoms with Gasteiger partial charge in [0, 0.05) is 31.2 Å². The molecule has 1 saturated heterocycles. The maximum atomic E-state index is 12.5. The van der Waals surface area contributed by atoms with E-state index in [4.69, 9.17) is 10.5 Å². The number of ether oxygens (including phenoxy) is 1. The summed E-state index contributed by atoms with van der Waals surface area (Å²) in [7, 11) is 1.64. The maximum Gasteiger partial charge on any atom is 0.237 e. The van der Waals surface area contributed by atoms with Crippen LogP contribution < -0.4 is 15.8 Å². The van der Waals surface area contributed by atoms with E-state index in [1.807, 2.05) is 31.2 Å². The summed E-state index contributed by atoms with van der Waals surface area (Å²) in [5.41, 5.74) is 7.20. The van der Waals surface area contributed by atoms with Gasteiger partial charge >= 0.3 is 0 Å². The summed E-state index contributed by atoms with van der Waals surface area (Å²) in [6, 6.07) is 7.78. The lowest BCUT2D eigenvalue weighted by molar-refractivity contribution is -0.127. The molecule has 1 amide bonds. The first-order chi connectivity index (χ1) is 10.8. The molecule has 1 aromatic rings. The molecule has 3 N–H and O–H groups in total. The largest absolute Gasteiger partial charge is 0.496 e. The second kappa shape index (κ2) is 8.70. The van der Waals surface area contributed by atoms with Crippen LogP contribution in [0, 0.1) is 5.41 Å². The highest BCUT2D eigenvalue weighted by atomic mass is 35.5. The SMILES string of the molecule is COc1ccccc1CNC(=O)C(C)N1CCC(N)C(C)(C)C1.Cl. The fraction of sp³-hybridized carbons (Fsp3) is 0.611. The van der Waals surface area contributed by atoms with E-state index in [9.17, 15) is 4.79 Å². The minimum Gasteiger partial charge on any atom is -0.496 e. The van der Waals surface area contributed by atoms with Crippen molar-refractivity contribution in [3.63, 3.8) is 0 Å². The molecule has 1 heterocycles. The summed E-state index contributed by atoms with van der Waals surface area (Å²) in [6.45, 7) is 8.49. The monoisotopic (exact) mass is 355 g/mol. The van der Waals surface area contributed by atoms with Gasteiger partial charge in [0.25, 0.3) is 0 Å². The maximum absolute atomic E-state index is 12.5. The van der Waals surface area contributed by atoms with Gasteiger partial charge in [0.2, 0.25) is 5.91 Å². The summed E-state index contributed by atoms with van der Waals surface area (Å²) in [6.07, 6.45) is 0.928. The smallest absolute Gasteiger partial charge is 0.237 e. The predicted molar refractivity (Wildman–Crippen MR) is 99.5 cm³/mol. The highest BCUT2D eigenvalue weighted by Crippen LogP contribution is 2.28. The van der Waals surface area contributed by atoms with Crippen LogP contribution in [0.3, 0.4) is 0 Å². The number of hydrogen-bond donors (Lipinski definition) is 2. The van der Waals surface area contributed by atoms with Gasteiger partial charge in [-0.3, -0.25) is 9.69 Å². The zero-order valence-corrected chi connectivity index (χ0v) is 15.9. The second-order valence-corrected chi connectivity index (χ2v) is 7.06. The van der Waals surface area contributed by atoms with Gasteiger partial charge in [0.15, 0.2) is 0 Å². The average molecular weight is 356 g/mol. The van der Waals surface area contributed by atoms with E-state index in [0.29, 0.717) is 6.54 Å². The summed E-state index contributed by atoms with van der Waals surface area (Å²) in [4.78, 5) is 14.7. The van der Waals surface area contributed by atoms with Gasteiger partial charge in [-0.15, -0.1) is 12.4 Å². The summed E-state index contributed by atoms with van der Waals surface area (Å²) < 4.78 is 5.32. The highest BCUT2D eigenvalue weighted by molar-refractivity contribution is 5.85. The van der Waals surface area contributed by atoms with Gasteiger partial charge in [-0.2, -0.15) is 0 Å². The van der Waals surface area contributed by atoms with Gasteiger partial charge in [0.1, 0.15) is 5.75 Å². The standard InChI is InChI=1S/C18H29N3O2.ClH/c1-13(21-10-9-16(19)18(2,3)12-21)17(22)20-11-14-7-5-6-8-15(14)23-4;/h5-8,13,16H,9-12,19H2,1-4H3,(H,20,22);1H. The number of para-hydroxylation sites is 1. The lowest BCUT2D eigenvalue weighted by atomic mass is 9.79. The van der Waals surface area contributed by atoms with Gasteiger partial charge < -0.3 is 15.8 Å². The van der Waals surface area contributed by atoms with E-state index in [1.54, 1.807) is 7.11 Å². The molecule has 136 valence electrons. The second-order valence-electron chi connectivity index (χ2n) is 7.06. The third-order valence-corrected chi connectivity index (χ3v) is 4.91. The number of carbonyl (C=O) groups excluding carboxylic acids is 1. The molecule has 1 aliphatic rings. The summed E-state index contributed by atoms with van der Waals surface area (Å²) in [5, 5.41) is 3.02. The van der Waals surface area contributed by atoms with Gasteiger partial charge in [0.05, 0.1) is 13.2 Å². The number of carbonyl (C=O) groups is 1. The fourth-order valence-electron chi connectivity index (χ4n) is 3.09. The van der Waals surface area contributed by atoms with E-state index >= 15 is 0 Å². The summed E-state index contributed by atoms with van der Waals surface area (Å²) >= 11 is 0. The van der Waals surface area contributed by atoms with Crippen LogP contribution in [0.15, 0.2) is 24.3 Å². The third kappa shape index (κ3) is 4.85. The van der Waals surface area contributed by atoms with Crippen molar-refractivity contribution in [3.05, 3.63) is 29.8 Å². The number of benzene rings is 1. The molecule has 5 nitrogen and oxygen atoms in total. The lowest BCUT2D eigenvalue weighted by Crippen LogP contribution is -2.57. The van der Waals surface area contributed by atoms with Crippen molar-refractivity contribution in [2.75, 3.05) is 20.2 Å². The Morgan fingerprint density at radius 1 is 1.46 bits per heavy atom. The fourth-order valence-corrected chi connectivity index (χ4v) is 3.09. The van der Waals surface area contributed by atoms with E-state index in [-0.39, 0.29) is 35.8 Å². The molecule has 1 fully saturated rings. The number of nitrogens with zero attached hydrogens (tertiary/aromatic N) is 1. The van der Waals surface area contributed by atoms with Gasteiger partial charge in [-0.1, -0.05) is 32.0 Å². The Balaban J connectivity index is 0.00000288. The number of amides is 1. The Bertz CT molecular complexity index is 551. The number of nitrogens with two attached hydrogens (primary N) is 1. The van der Waals surface area contributed by atoms with Crippen molar-refractivity contribution in [2.24, 2.45) is 11.1 Å². The van der Waals surface area contributed by atoms with Crippen molar-refractivity contribution in [1.29, 1.82) is 0 Å². The molecule has 24 heavy (non-hydrogen) atoms. The van der Waals surface area contributed by atoms with Crippen LogP contribution >= 0.6 is 12.4 Å². The number of hydrogen-bond acceptors (Lipinski definition) is 4. The van der Waals surface area contributed by atoms with Crippen molar-refractivity contribution >= 4 is 18.3 Å². The van der Waals surface area contributed by atoms with E-state index < -0.39 is 0 Å². The molecule has 2 unspecified atom stereocenters. The Morgan fingerprint density at radius 2 is 2.12 bits per heavy atom. The highest BCUT2D eigenvalue weighted by Gasteiger charge is 2.36. The van der Waals surface area contributed by atoms with Crippen LogP contribution in [0.1, 0.15) is 32.8 Å². The van der Waals surface area contributed by atoms with Crippen molar-refractivity contribution < 1.29 is 9.53 Å². The quantitative estimate of drug-likeness (QED) is 0.849. The number of halogens is 1. The average Bonchev–Trinajstić information content (AvgIpc) is 2.54. The molecule has 6 heteroatoms. The predicted octanol–water partition coefficient (Wildman–Crippen LogP) is 2.18. The lowest BCUT2D eigenvalue weighted by Gasteiger charge is -2.44. The minimum absolute atomic E-state index is 0. The first-order valence-electron chi connectivity index (χ1n) is 8.24. The molecule has 2 atom stereocenters. The molecule has 1 aliphatic heterocycles. The van der Waals surface area contributed by atoms with Crippen LogP contribution in [-0.2, 0) is 11.3 Å². The van der Waals surface area contributed by atoms with Crippen LogP contribution in [0.5, 0.6) is 5.75 Å². The van der Waals surface area contributed by atoms with Crippen LogP contribution in [0.25, 0.3) is 0 Å². The van der Waals surface area contributed by atoms with E-state index in [0.717, 1.165) is 30.8 Å². The van der Waals surface area contributed by atoms with Crippen LogP contribution in [0.2, 0.25) is 0 Å². The topological polar surface area (TPSA) is 67.6 Å². The number of methoxy groups -OCH3 is 1. The van der Waals surface area contributed by atoms with Crippen molar-refractivity contribution in [3.8, 4) is 5.75 Å². The Kier molecular flexibility index (Phi) is 7.52. The van der Waals surface area contributed by atoms with E-state index in [1.165, 1.54) is 0 Å². The third-order valence-electron chi connectivity index (χ3n) is 4.91. The molecule has 0 aliphatic carbocycles. The molecule has 0 saturated carbocycles. The molecule has 1 aromatic carbocycles. The zero-order chi connectivity index (χ0) is 17.0. The number of piperidine rings is 1. The van der Waals surface area contributed by atoms with Crippen LogP contribution in [-0.4, -0.2) is 43.1 Å². The molecule has 0 bridgehead atoms. The van der Waals surface area contributed by atoms with Crippen LogP contribution in [0.4, 0.5) is 0 Å². The Morgan fingerprint density at radius 3 is 2.75 bits per heavy atom. The number of nitrogens with one attached hydrogen (secondary N) is 1.